The van der Waals surface area contributed by atoms with E-state index in [4.69, 9.17) is 10.2 Å². The van der Waals surface area contributed by atoms with Gasteiger partial charge in [0, 0.05) is 18.2 Å². The Morgan fingerprint density at radius 1 is 1.35 bits per heavy atom. The summed E-state index contributed by atoms with van der Waals surface area (Å²) in [5, 5.41) is 0. The second-order valence-corrected chi connectivity index (χ2v) is 5.40. The molecule has 1 aromatic heterocycles. The molecule has 1 aromatic rings. The van der Waals surface area contributed by atoms with Gasteiger partial charge >= 0.3 is 0 Å². The minimum Gasteiger partial charge on any atom is -0.468 e. The van der Waals surface area contributed by atoms with Crippen molar-refractivity contribution >= 4 is 0 Å². The van der Waals surface area contributed by atoms with Crippen LogP contribution in [0.2, 0.25) is 0 Å². The Bertz CT molecular complexity index is 340. The Balaban J connectivity index is 1.90. The average Bonchev–Trinajstić information content (AvgIpc) is 2.77. The van der Waals surface area contributed by atoms with Gasteiger partial charge in [0.2, 0.25) is 0 Å². The molecule has 0 atom stereocenters. The van der Waals surface area contributed by atoms with Crippen LogP contribution in [0, 0.1) is 5.92 Å². The standard InChI is InChI=1S/C14H24N2O/c1-11-3-5-13(6-4-11)16(2)10-14-12(9-15)7-8-17-14/h7-8,11,13H,3-6,9-10,15H2,1-2H3. The molecule has 0 spiro atoms. The molecule has 0 aromatic carbocycles. The van der Waals surface area contributed by atoms with E-state index in [0.717, 1.165) is 23.8 Å². The van der Waals surface area contributed by atoms with E-state index in [9.17, 15) is 0 Å². The molecule has 1 aliphatic carbocycles. The summed E-state index contributed by atoms with van der Waals surface area (Å²) in [6.07, 6.45) is 7.09. The summed E-state index contributed by atoms with van der Waals surface area (Å²) >= 11 is 0. The Hall–Kier alpha value is -0.800. The highest BCUT2D eigenvalue weighted by Crippen LogP contribution is 2.27. The highest BCUT2D eigenvalue weighted by molar-refractivity contribution is 5.16. The SMILES string of the molecule is CC1CCC(N(C)Cc2occc2CN)CC1. The predicted molar refractivity (Wildman–Crippen MR) is 69.5 cm³/mol. The van der Waals surface area contributed by atoms with E-state index in [-0.39, 0.29) is 0 Å². The van der Waals surface area contributed by atoms with Crippen LogP contribution in [0.4, 0.5) is 0 Å². The number of nitrogens with zero attached hydrogens (tertiary/aromatic N) is 1. The van der Waals surface area contributed by atoms with Crippen LogP contribution in [0.25, 0.3) is 0 Å². The second-order valence-electron chi connectivity index (χ2n) is 5.40. The van der Waals surface area contributed by atoms with Crippen LogP contribution in [0.1, 0.15) is 43.9 Å². The van der Waals surface area contributed by atoms with E-state index in [1.54, 1.807) is 6.26 Å². The molecule has 1 aliphatic rings. The largest absolute Gasteiger partial charge is 0.468 e. The fraction of sp³-hybridized carbons (Fsp3) is 0.714. The van der Waals surface area contributed by atoms with Crippen molar-refractivity contribution in [2.24, 2.45) is 11.7 Å². The first-order valence-electron chi connectivity index (χ1n) is 6.66. The molecule has 1 heterocycles. The zero-order valence-electron chi connectivity index (χ0n) is 11.0. The summed E-state index contributed by atoms with van der Waals surface area (Å²) in [5.41, 5.74) is 6.83. The van der Waals surface area contributed by atoms with Crippen molar-refractivity contribution in [3.63, 3.8) is 0 Å². The van der Waals surface area contributed by atoms with Gasteiger partial charge < -0.3 is 10.2 Å². The quantitative estimate of drug-likeness (QED) is 0.874. The Kier molecular flexibility index (Phi) is 4.24. The van der Waals surface area contributed by atoms with Crippen LogP contribution in [0.15, 0.2) is 16.7 Å². The first kappa shape index (κ1) is 12.7. The van der Waals surface area contributed by atoms with Crippen molar-refractivity contribution in [2.75, 3.05) is 7.05 Å². The van der Waals surface area contributed by atoms with Gasteiger partial charge in [-0.25, -0.2) is 0 Å². The van der Waals surface area contributed by atoms with Gasteiger partial charge in [-0.05, 0) is 44.7 Å². The van der Waals surface area contributed by atoms with Gasteiger partial charge in [-0.1, -0.05) is 6.92 Å². The smallest absolute Gasteiger partial charge is 0.122 e. The van der Waals surface area contributed by atoms with Gasteiger partial charge in [-0.15, -0.1) is 0 Å². The Labute approximate surface area is 104 Å². The first-order chi connectivity index (χ1) is 8.20. The summed E-state index contributed by atoms with van der Waals surface area (Å²) in [6, 6.07) is 2.69. The molecule has 0 aliphatic heterocycles. The molecule has 0 bridgehead atoms. The van der Waals surface area contributed by atoms with Crippen LogP contribution in [0.3, 0.4) is 0 Å². The predicted octanol–water partition coefficient (Wildman–Crippen LogP) is 2.75. The van der Waals surface area contributed by atoms with Gasteiger partial charge in [0.1, 0.15) is 5.76 Å². The summed E-state index contributed by atoms with van der Waals surface area (Å²) in [4.78, 5) is 2.42. The Morgan fingerprint density at radius 2 is 2.06 bits per heavy atom. The second kappa shape index (κ2) is 5.69. The maximum atomic E-state index is 5.69. The molecule has 1 saturated carbocycles. The number of rotatable bonds is 4. The third kappa shape index (κ3) is 3.11. The third-order valence-electron chi connectivity index (χ3n) is 4.06. The van der Waals surface area contributed by atoms with E-state index in [1.165, 1.54) is 25.7 Å². The molecule has 17 heavy (non-hydrogen) atoms. The molecule has 3 nitrogen and oxygen atoms in total. The maximum Gasteiger partial charge on any atom is 0.122 e. The molecular formula is C14H24N2O. The number of hydrogen-bond acceptors (Lipinski definition) is 3. The fourth-order valence-electron chi connectivity index (χ4n) is 2.73. The van der Waals surface area contributed by atoms with E-state index < -0.39 is 0 Å². The molecular weight excluding hydrogens is 212 g/mol. The van der Waals surface area contributed by atoms with Gasteiger partial charge in [0.05, 0.1) is 12.8 Å². The van der Waals surface area contributed by atoms with Crippen molar-refractivity contribution in [1.29, 1.82) is 0 Å². The molecule has 0 amide bonds. The molecule has 0 saturated heterocycles. The van der Waals surface area contributed by atoms with Crippen molar-refractivity contribution in [3.8, 4) is 0 Å². The van der Waals surface area contributed by atoms with Gasteiger partial charge in [0.15, 0.2) is 0 Å². The van der Waals surface area contributed by atoms with E-state index in [1.807, 2.05) is 6.07 Å². The zero-order chi connectivity index (χ0) is 12.3. The average molecular weight is 236 g/mol. The third-order valence-corrected chi connectivity index (χ3v) is 4.06. The lowest BCUT2D eigenvalue weighted by atomic mass is 9.87. The summed E-state index contributed by atoms with van der Waals surface area (Å²) in [5.74, 6) is 1.94. The minimum absolute atomic E-state index is 0.571. The first-order valence-corrected chi connectivity index (χ1v) is 6.66. The summed E-state index contributed by atoms with van der Waals surface area (Å²) < 4.78 is 5.52. The van der Waals surface area contributed by atoms with Gasteiger partial charge in [-0.3, -0.25) is 4.90 Å². The topological polar surface area (TPSA) is 42.4 Å². The van der Waals surface area contributed by atoms with Crippen LogP contribution in [0.5, 0.6) is 0 Å². The lowest BCUT2D eigenvalue weighted by Gasteiger charge is -2.33. The zero-order valence-corrected chi connectivity index (χ0v) is 11.0. The molecule has 0 unspecified atom stereocenters. The monoisotopic (exact) mass is 236 g/mol. The highest BCUT2D eigenvalue weighted by atomic mass is 16.3. The van der Waals surface area contributed by atoms with Crippen LogP contribution < -0.4 is 5.73 Å². The number of nitrogens with two attached hydrogens (primary N) is 1. The van der Waals surface area contributed by atoms with E-state index >= 15 is 0 Å². The molecule has 96 valence electrons. The molecule has 2 N–H and O–H groups in total. The molecule has 3 heteroatoms. The van der Waals surface area contributed by atoms with Crippen molar-refractivity contribution in [3.05, 3.63) is 23.7 Å². The highest BCUT2D eigenvalue weighted by Gasteiger charge is 2.22. The van der Waals surface area contributed by atoms with Crippen molar-refractivity contribution in [2.45, 2.75) is 51.7 Å². The van der Waals surface area contributed by atoms with Crippen LogP contribution in [-0.2, 0) is 13.1 Å². The normalized spacial score (nSPS) is 25.4. The van der Waals surface area contributed by atoms with Crippen LogP contribution in [-0.4, -0.2) is 18.0 Å². The number of hydrogen-bond donors (Lipinski definition) is 1. The molecule has 1 fully saturated rings. The summed E-state index contributed by atoms with van der Waals surface area (Å²) in [6.45, 7) is 3.81. The molecule has 2 rings (SSSR count). The van der Waals surface area contributed by atoms with Gasteiger partial charge in [0.25, 0.3) is 0 Å². The minimum atomic E-state index is 0.571. The van der Waals surface area contributed by atoms with E-state index in [0.29, 0.717) is 12.6 Å². The number of furan rings is 1. The lowest BCUT2D eigenvalue weighted by molar-refractivity contribution is 0.154. The van der Waals surface area contributed by atoms with Crippen molar-refractivity contribution in [1.82, 2.24) is 4.90 Å². The molecule has 0 radical (unpaired) electrons. The van der Waals surface area contributed by atoms with Crippen molar-refractivity contribution < 1.29 is 4.42 Å². The fourth-order valence-corrected chi connectivity index (χ4v) is 2.73. The lowest BCUT2D eigenvalue weighted by Crippen LogP contribution is -2.34. The Morgan fingerprint density at radius 3 is 2.71 bits per heavy atom. The summed E-state index contributed by atoms with van der Waals surface area (Å²) in [7, 11) is 2.20. The van der Waals surface area contributed by atoms with E-state index in [2.05, 4.69) is 18.9 Å². The van der Waals surface area contributed by atoms with Gasteiger partial charge in [-0.2, -0.15) is 0 Å². The maximum absolute atomic E-state index is 5.69. The van der Waals surface area contributed by atoms with Crippen LogP contribution >= 0.6 is 0 Å².